The summed E-state index contributed by atoms with van der Waals surface area (Å²) in [5.41, 5.74) is 0. The minimum absolute atomic E-state index is 0.00449. The van der Waals surface area contributed by atoms with Crippen molar-refractivity contribution in [3.05, 3.63) is 23.2 Å². The van der Waals surface area contributed by atoms with Gasteiger partial charge in [0.2, 0.25) is 14.2 Å². The van der Waals surface area contributed by atoms with E-state index in [2.05, 4.69) is 30.2 Å². The maximum absolute atomic E-state index is 11.8. The Hall–Kier alpha value is -1.21. The molecule has 0 unspecified atom stereocenters. The molecule has 0 fully saturated rings. The third kappa shape index (κ3) is 5.05. The molecule has 0 aliphatic rings. The van der Waals surface area contributed by atoms with E-state index >= 15 is 0 Å². The van der Waals surface area contributed by atoms with Gasteiger partial charge in [0.25, 0.3) is 5.91 Å². The number of nitrogens with zero attached hydrogens (tertiary/aromatic N) is 1. The van der Waals surface area contributed by atoms with Crippen LogP contribution in [-0.4, -0.2) is 31.6 Å². The molecule has 1 aromatic heterocycles. The first-order valence-electron chi connectivity index (χ1n) is 6.50. The Morgan fingerprint density at radius 3 is 2.80 bits per heavy atom. The Balaban J connectivity index is 2.53. The van der Waals surface area contributed by atoms with Gasteiger partial charge < -0.3 is 5.32 Å². The van der Waals surface area contributed by atoms with E-state index < -0.39 is 9.84 Å². The number of carbonyl (C=O) groups is 1. The molecule has 0 bridgehead atoms. The van der Waals surface area contributed by atoms with Crippen LogP contribution in [0.2, 0.25) is 0 Å². The molecule has 0 aromatic carbocycles. The van der Waals surface area contributed by atoms with Crippen LogP contribution in [0.3, 0.4) is 0 Å². The highest BCUT2D eigenvalue weighted by molar-refractivity contribution is 7.93. The Kier molecular flexibility index (Phi) is 6.35. The van der Waals surface area contributed by atoms with Crippen molar-refractivity contribution >= 4 is 27.1 Å². The smallest absolute Gasteiger partial charge is 0.263 e. The van der Waals surface area contributed by atoms with Crippen LogP contribution in [0.5, 0.6) is 0 Å². The van der Waals surface area contributed by atoms with Crippen LogP contribution in [0, 0.1) is 5.92 Å². The van der Waals surface area contributed by atoms with E-state index in [4.69, 9.17) is 0 Å². The van der Waals surface area contributed by atoms with E-state index in [1.54, 1.807) is 6.92 Å². The van der Waals surface area contributed by atoms with Gasteiger partial charge in [-0.3, -0.25) is 4.79 Å². The summed E-state index contributed by atoms with van der Waals surface area (Å²) in [6.07, 6.45) is 6.16. The lowest BCUT2D eigenvalue weighted by atomic mass is 10.2. The van der Waals surface area contributed by atoms with E-state index in [-0.39, 0.29) is 16.0 Å². The lowest BCUT2D eigenvalue weighted by Crippen LogP contribution is -2.23. The fourth-order valence-corrected chi connectivity index (χ4v) is 3.51. The standard InChI is InChI=1S/C13H20N2O3S2/c1-4-20(17,18)13-15-9-11(19-13)12(16)14-8-6-5-7-10(2)3/h5,7,9-10H,4,6,8H2,1-3H3,(H,14,16). The molecular formula is C13H20N2O3S2. The topological polar surface area (TPSA) is 76.1 Å². The zero-order chi connectivity index (χ0) is 15.2. The molecule has 0 radical (unpaired) electrons. The van der Waals surface area contributed by atoms with E-state index in [0.29, 0.717) is 17.3 Å². The largest absolute Gasteiger partial charge is 0.351 e. The van der Waals surface area contributed by atoms with Crippen molar-refractivity contribution in [1.29, 1.82) is 0 Å². The number of hydrogen-bond acceptors (Lipinski definition) is 5. The molecule has 112 valence electrons. The van der Waals surface area contributed by atoms with Gasteiger partial charge in [0.15, 0.2) is 0 Å². The van der Waals surface area contributed by atoms with Gasteiger partial charge in [0.05, 0.1) is 11.9 Å². The Labute approximate surface area is 124 Å². The number of rotatable bonds is 7. The summed E-state index contributed by atoms with van der Waals surface area (Å²) in [6, 6.07) is 0. The Morgan fingerprint density at radius 1 is 1.50 bits per heavy atom. The minimum atomic E-state index is -3.33. The minimum Gasteiger partial charge on any atom is -0.351 e. The van der Waals surface area contributed by atoms with Gasteiger partial charge in [-0.2, -0.15) is 0 Å². The summed E-state index contributed by atoms with van der Waals surface area (Å²) in [4.78, 5) is 15.9. The number of carbonyl (C=O) groups excluding carboxylic acids is 1. The predicted octanol–water partition coefficient (Wildman–Crippen LogP) is 2.27. The molecule has 1 N–H and O–H groups in total. The monoisotopic (exact) mass is 316 g/mol. The van der Waals surface area contributed by atoms with Gasteiger partial charge in [-0.25, -0.2) is 13.4 Å². The number of allylic oxidation sites excluding steroid dienone is 1. The molecule has 0 atom stereocenters. The van der Waals surface area contributed by atoms with Crippen molar-refractivity contribution in [1.82, 2.24) is 10.3 Å². The highest BCUT2D eigenvalue weighted by Crippen LogP contribution is 2.19. The van der Waals surface area contributed by atoms with Gasteiger partial charge in [-0.05, 0) is 12.3 Å². The van der Waals surface area contributed by atoms with Gasteiger partial charge in [-0.15, -0.1) is 0 Å². The molecule has 1 heterocycles. The van der Waals surface area contributed by atoms with Crippen LogP contribution in [0.25, 0.3) is 0 Å². The van der Waals surface area contributed by atoms with E-state index in [0.717, 1.165) is 17.8 Å². The summed E-state index contributed by atoms with van der Waals surface area (Å²) in [6.45, 7) is 6.25. The van der Waals surface area contributed by atoms with Crippen LogP contribution >= 0.6 is 11.3 Å². The second-order valence-electron chi connectivity index (χ2n) is 4.61. The van der Waals surface area contributed by atoms with Gasteiger partial charge in [0.1, 0.15) is 4.88 Å². The number of hydrogen-bond donors (Lipinski definition) is 1. The second kappa shape index (κ2) is 7.54. The molecule has 0 aliphatic heterocycles. The highest BCUT2D eigenvalue weighted by atomic mass is 32.2. The lowest BCUT2D eigenvalue weighted by Gasteiger charge is -2.00. The average molecular weight is 316 g/mol. The van der Waals surface area contributed by atoms with Crippen molar-refractivity contribution in [3.8, 4) is 0 Å². The first-order valence-corrected chi connectivity index (χ1v) is 8.97. The molecular weight excluding hydrogens is 296 g/mol. The third-order valence-corrected chi connectivity index (χ3v) is 5.67. The zero-order valence-electron chi connectivity index (χ0n) is 11.9. The summed E-state index contributed by atoms with van der Waals surface area (Å²) in [5, 5.41) is 2.74. The Morgan fingerprint density at radius 2 is 2.20 bits per heavy atom. The summed E-state index contributed by atoms with van der Waals surface area (Å²) < 4.78 is 23.2. The average Bonchev–Trinajstić information content (AvgIpc) is 2.88. The van der Waals surface area contributed by atoms with Crippen LogP contribution in [-0.2, 0) is 9.84 Å². The zero-order valence-corrected chi connectivity index (χ0v) is 13.6. The molecule has 0 spiro atoms. The molecule has 1 rings (SSSR count). The summed E-state index contributed by atoms with van der Waals surface area (Å²) >= 11 is 0.912. The first kappa shape index (κ1) is 16.8. The lowest BCUT2D eigenvalue weighted by molar-refractivity contribution is 0.0958. The molecule has 20 heavy (non-hydrogen) atoms. The first-order chi connectivity index (χ1) is 9.36. The maximum atomic E-state index is 11.8. The van der Waals surface area contributed by atoms with Gasteiger partial charge >= 0.3 is 0 Å². The summed E-state index contributed by atoms with van der Waals surface area (Å²) in [5.74, 6) is 0.202. The molecule has 1 aromatic rings. The fraction of sp³-hybridized carbons (Fsp3) is 0.538. The number of nitrogens with one attached hydrogen (secondary N) is 1. The SMILES string of the molecule is CCS(=O)(=O)c1ncc(C(=O)NCCC=CC(C)C)s1. The van der Waals surface area contributed by atoms with Gasteiger partial charge in [-0.1, -0.05) is 44.3 Å². The van der Waals surface area contributed by atoms with E-state index in [1.807, 2.05) is 6.08 Å². The van der Waals surface area contributed by atoms with Crippen molar-refractivity contribution in [2.24, 2.45) is 5.92 Å². The number of aromatic nitrogens is 1. The second-order valence-corrected chi connectivity index (χ2v) is 8.09. The van der Waals surface area contributed by atoms with Crippen molar-refractivity contribution < 1.29 is 13.2 Å². The molecule has 0 saturated carbocycles. The summed E-state index contributed by atoms with van der Waals surface area (Å²) in [7, 11) is -3.33. The number of sulfone groups is 1. The quantitative estimate of drug-likeness (QED) is 0.618. The third-order valence-electron chi connectivity index (χ3n) is 2.47. The number of amides is 1. The van der Waals surface area contributed by atoms with Crippen LogP contribution in [0.15, 0.2) is 22.7 Å². The molecule has 1 amide bonds. The van der Waals surface area contributed by atoms with Gasteiger partial charge in [0, 0.05) is 6.54 Å². The van der Waals surface area contributed by atoms with E-state index in [1.165, 1.54) is 6.20 Å². The molecule has 5 nitrogen and oxygen atoms in total. The van der Waals surface area contributed by atoms with Crippen molar-refractivity contribution in [2.45, 2.75) is 31.5 Å². The number of thiazole rings is 1. The van der Waals surface area contributed by atoms with Crippen LogP contribution in [0.1, 0.15) is 36.9 Å². The molecule has 0 saturated heterocycles. The Bertz CT molecular complexity index is 574. The van der Waals surface area contributed by atoms with E-state index in [9.17, 15) is 13.2 Å². The van der Waals surface area contributed by atoms with Crippen molar-refractivity contribution in [3.63, 3.8) is 0 Å². The fourth-order valence-electron chi connectivity index (χ4n) is 1.35. The van der Waals surface area contributed by atoms with Crippen LogP contribution in [0.4, 0.5) is 0 Å². The predicted molar refractivity (Wildman–Crippen MR) is 80.8 cm³/mol. The van der Waals surface area contributed by atoms with Crippen molar-refractivity contribution in [2.75, 3.05) is 12.3 Å². The molecule has 7 heteroatoms. The molecule has 0 aliphatic carbocycles. The highest BCUT2D eigenvalue weighted by Gasteiger charge is 2.18. The van der Waals surface area contributed by atoms with Crippen LogP contribution < -0.4 is 5.32 Å². The maximum Gasteiger partial charge on any atom is 0.263 e. The normalized spacial score (nSPS) is 12.2.